The highest BCUT2D eigenvalue weighted by atomic mass is 16.4. The molecule has 0 unspecified atom stereocenters. The van der Waals surface area contributed by atoms with Crippen molar-refractivity contribution in [3.8, 4) is 12.3 Å². The molecule has 0 radical (unpaired) electrons. The van der Waals surface area contributed by atoms with Crippen molar-refractivity contribution in [3.05, 3.63) is 24.0 Å². The van der Waals surface area contributed by atoms with Crippen LogP contribution in [0.15, 0.2) is 18.5 Å². The number of hydrogen-bond donors (Lipinski definition) is 2. The summed E-state index contributed by atoms with van der Waals surface area (Å²) in [4.78, 5) is 24.9. The van der Waals surface area contributed by atoms with Crippen LogP contribution in [-0.4, -0.2) is 22.0 Å². The Kier molecular flexibility index (Phi) is 2.82. The third kappa shape index (κ3) is 2.32. The van der Waals surface area contributed by atoms with Crippen LogP contribution in [0, 0.1) is 12.3 Å². The molecule has 1 amide bonds. The van der Waals surface area contributed by atoms with E-state index in [4.69, 9.17) is 11.5 Å². The van der Waals surface area contributed by atoms with Crippen molar-refractivity contribution in [3.63, 3.8) is 0 Å². The van der Waals surface area contributed by atoms with Crippen LogP contribution in [0.3, 0.4) is 0 Å². The van der Waals surface area contributed by atoms with Crippen LogP contribution < -0.4 is 5.32 Å². The van der Waals surface area contributed by atoms with E-state index in [1.165, 1.54) is 18.5 Å². The summed E-state index contributed by atoms with van der Waals surface area (Å²) in [7, 11) is 0. The number of carbonyl (C=O) groups excluding carboxylic acids is 1. The van der Waals surface area contributed by atoms with Crippen molar-refractivity contribution < 1.29 is 14.7 Å². The van der Waals surface area contributed by atoms with Crippen LogP contribution in [-0.2, 0) is 4.79 Å². The second-order valence-corrected chi connectivity index (χ2v) is 2.37. The van der Waals surface area contributed by atoms with Gasteiger partial charge in [0.2, 0.25) is 0 Å². The Morgan fingerprint density at radius 2 is 2.21 bits per heavy atom. The molecular formula is C9H6N2O3. The van der Waals surface area contributed by atoms with Gasteiger partial charge in [-0.15, -0.1) is 6.42 Å². The lowest BCUT2D eigenvalue weighted by Gasteiger charge is -2.00. The third-order valence-electron chi connectivity index (χ3n) is 1.37. The first-order chi connectivity index (χ1) is 6.63. The largest absolute Gasteiger partial charge is 0.478 e. The highest BCUT2D eigenvalue weighted by Gasteiger charge is 2.04. The third-order valence-corrected chi connectivity index (χ3v) is 1.37. The molecule has 0 aliphatic carbocycles. The fourth-order valence-corrected chi connectivity index (χ4v) is 0.792. The fraction of sp³-hybridized carbons (Fsp3) is 0. The molecule has 0 saturated heterocycles. The zero-order chi connectivity index (χ0) is 10.6. The Morgan fingerprint density at radius 3 is 2.79 bits per heavy atom. The number of pyridine rings is 1. The van der Waals surface area contributed by atoms with Crippen LogP contribution in [0.25, 0.3) is 0 Å². The van der Waals surface area contributed by atoms with Gasteiger partial charge in [-0.2, -0.15) is 0 Å². The molecule has 1 rings (SSSR count). The van der Waals surface area contributed by atoms with Gasteiger partial charge in [-0.25, -0.2) is 4.79 Å². The molecule has 0 bridgehead atoms. The number of carboxylic acids is 1. The van der Waals surface area contributed by atoms with Gasteiger partial charge in [-0.05, 0) is 12.0 Å². The van der Waals surface area contributed by atoms with Crippen LogP contribution in [0.1, 0.15) is 10.4 Å². The maximum atomic E-state index is 10.7. The number of amides is 1. The van der Waals surface area contributed by atoms with Crippen molar-refractivity contribution in [2.24, 2.45) is 0 Å². The molecule has 0 fully saturated rings. The number of anilines is 1. The maximum absolute atomic E-state index is 10.7. The van der Waals surface area contributed by atoms with Gasteiger partial charge in [-0.3, -0.25) is 9.78 Å². The zero-order valence-electron chi connectivity index (χ0n) is 7.02. The van der Waals surface area contributed by atoms with E-state index in [1.54, 1.807) is 0 Å². The second kappa shape index (κ2) is 4.05. The summed E-state index contributed by atoms with van der Waals surface area (Å²) in [5.41, 5.74) is 0.243. The smallest absolute Gasteiger partial charge is 0.337 e. The number of terminal acetylenes is 1. The summed E-state index contributed by atoms with van der Waals surface area (Å²) in [6.45, 7) is 0. The predicted octanol–water partition coefficient (Wildman–Crippen LogP) is 0.351. The molecule has 0 atom stereocenters. The van der Waals surface area contributed by atoms with Gasteiger partial charge < -0.3 is 10.4 Å². The standard InChI is InChI=1S/C9H6N2O3/c1-2-8(12)11-7-3-6(9(13)14)4-10-5-7/h1,3-5H,(H,11,12)(H,13,14). The van der Waals surface area contributed by atoms with E-state index in [9.17, 15) is 9.59 Å². The Balaban J connectivity index is 2.90. The molecule has 2 N–H and O–H groups in total. The van der Waals surface area contributed by atoms with Gasteiger partial charge in [0.1, 0.15) is 0 Å². The molecule has 1 aromatic heterocycles. The summed E-state index contributed by atoms with van der Waals surface area (Å²) in [5.74, 6) is 0.0764. The van der Waals surface area contributed by atoms with Crippen LogP contribution >= 0.6 is 0 Å². The Morgan fingerprint density at radius 1 is 1.50 bits per heavy atom. The highest BCUT2D eigenvalue weighted by molar-refractivity contribution is 6.03. The minimum Gasteiger partial charge on any atom is -0.478 e. The van der Waals surface area contributed by atoms with Gasteiger partial charge in [0.25, 0.3) is 5.91 Å². The zero-order valence-corrected chi connectivity index (χ0v) is 7.02. The lowest BCUT2D eigenvalue weighted by molar-refractivity contribution is -0.111. The van der Waals surface area contributed by atoms with Gasteiger partial charge >= 0.3 is 5.97 Å². The van der Waals surface area contributed by atoms with Crippen molar-refractivity contribution >= 4 is 17.6 Å². The van der Waals surface area contributed by atoms with Crippen LogP contribution in [0.4, 0.5) is 5.69 Å². The number of hydrogen-bond acceptors (Lipinski definition) is 3. The van der Waals surface area contributed by atoms with E-state index in [0.29, 0.717) is 0 Å². The molecule has 0 aromatic carbocycles. The molecule has 14 heavy (non-hydrogen) atoms. The van der Waals surface area contributed by atoms with Gasteiger partial charge in [0.05, 0.1) is 17.4 Å². The van der Waals surface area contributed by atoms with Crippen LogP contribution in [0.2, 0.25) is 0 Å². The molecule has 1 heterocycles. The van der Waals surface area contributed by atoms with E-state index in [2.05, 4.69) is 10.3 Å². The van der Waals surface area contributed by atoms with Crippen molar-refractivity contribution in [2.75, 3.05) is 5.32 Å². The topological polar surface area (TPSA) is 79.3 Å². The molecule has 5 nitrogen and oxygen atoms in total. The predicted molar refractivity (Wildman–Crippen MR) is 48.7 cm³/mol. The number of rotatable bonds is 2. The molecule has 0 aliphatic heterocycles. The number of carboxylic acid groups (broad SMARTS) is 1. The minimum atomic E-state index is -1.12. The first-order valence-corrected chi connectivity index (χ1v) is 3.59. The Labute approximate surface area is 79.8 Å². The molecule has 0 spiro atoms. The van der Waals surface area contributed by atoms with Gasteiger partial charge in [0.15, 0.2) is 0 Å². The fourth-order valence-electron chi connectivity index (χ4n) is 0.792. The lowest BCUT2D eigenvalue weighted by Crippen LogP contribution is -2.09. The van der Waals surface area contributed by atoms with E-state index < -0.39 is 11.9 Å². The lowest BCUT2D eigenvalue weighted by atomic mass is 10.2. The summed E-state index contributed by atoms with van der Waals surface area (Å²) >= 11 is 0. The van der Waals surface area contributed by atoms with Crippen molar-refractivity contribution in [2.45, 2.75) is 0 Å². The second-order valence-electron chi connectivity index (χ2n) is 2.37. The number of nitrogens with zero attached hydrogens (tertiary/aromatic N) is 1. The van der Waals surface area contributed by atoms with Crippen molar-refractivity contribution in [1.29, 1.82) is 0 Å². The normalized spacial score (nSPS) is 8.79. The first kappa shape index (κ1) is 9.74. The molecule has 70 valence electrons. The summed E-state index contributed by atoms with van der Waals surface area (Å²) in [6.07, 6.45) is 7.30. The summed E-state index contributed by atoms with van der Waals surface area (Å²) < 4.78 is 0. The van der Waals surface area contributed by atoms with Crippen molar-refractivity contribution in [1.82, 2.24) is 4.98 Å². The minimum absolute atomic E-state index is 0.0141. The SMILES string of the molecule is C#CC(=O)Nc1cncc(C(=O)O)c1. The monoisotopic (exact) mass is 190 g/mol. The maximum Gasteiger partial charge on any atom is 0.337 e. The van der Waals surface area contributed by atoms with E-state index in [0.717, 1.165) is 0 Å². The number of aromatic nitrogens is 1. The number of carbonyl (C=O) groups is 2. The molecule has 1 aromatic rings. The summed E-state index contributed by atoms with van der Waals surface area (Å²) in [6, 6.07) is 1.27. The summed E-state index contributed by atoms with van der Waals surface area (Å²) in [5, 5.41) is 10.9. The first-order valence-electron chi connectivity index (χ1n) is 3.59. The molecule has 0 aliphatic rings. The highest BCUT2D eigenvalue weighted by Crippen LogP contribution is 2.07. The molecule has 0 saturated carbocycles. The quantitative estimate of drug-likeness (QED) is 0.659. The van der Waals surface area contributed by atoms with E-state index in [-0.39, 0.29) is 11.3 Å². The number of aromatic carboxylic acids is 1. The van der Waals surface area contributed by atoms with Crippen LogP contribution in [0.5, 0.6) is 0 Å². The molecule has 5 heteroatoms. The van der Waals surface area contributed by atoms with Gasteiger partial charge in [0, 0.05) is 6.20 Å². The average Bonchev–Trinajstić information content (AvgIpc) is 2.18. The van der Waals surface area contributed by atoms with Gasteiger partial charge in [-0.1, -0.05) is 0 Å². The Bertz CT molecular complexity index is 420. The van der Waals surface area contributed by atoms with E-state index in [1.807, 2.05) is 5.92 Å². The molecular weight excluding hydrogens is 184 g/mol. The average molecular weight is 190 g/mol. The van der Waals surface area contributed by atoms with E-state index >= 15 is 0 Å². The Hall–Kier alpha value is -2.35. The number of nitrogens with one attached hydrogen (secondary N) is 1.